The van der Waals surface area contributed by atoms with Crippen LogP contribution in [0.3, 0.4) is 0 Å². The fourth-order valence-electron chi connectivity index (χ4n) is 0.823. The number of aliphatic hydroxyl groups excluding tert-OH is 4. The minimum absolute atomic E-state index is 0. The van der Waals surface area contributed by atoms with Gasteiger partial charge in [0.2, 0.25) is 5.76 Å². The van der Waals surface area contributed by atoms with E-state index in [2.05, 4.69) is 4.74 Å². The standard InChI is InChI=1S/C6H8O6.Na.H2O4S/c7-1-2(8)5-3(9)4(10)6(11)12-5;;1-5(2,3)4/h2,5,7-10H,1H2;;(H2,1,2,3,4)/t2-,5+;;/m0../s1. The molecule has 1 aliphatic rings. The zero-order valence-corrected chi connectivity index (χ0v) is 11.9. The Morgan fingerprint density at radius 1 is 1.28 bits per heavy atom. The summed E-state index contributed by atoms with van der Waals surface area (Å²) in [7, 11) is -4.67. The van der Waals surface area contributed by atoms with Crippen LogP contribution in [0, 0.1) is 0 Å². The van der Waals surface area contributed by atoms with Gasteiger partial charge in [-0.1, -0.05) is 0 Å². The van der Waals surface area contributed by atoms with Crippen molar-refractivity contribution in [2.45, 2.75) is 12.2 Å². The molecule has 0 aromatic carbocycles. The van der Waals surface area contributed by atoms with Gasteiger partial charge in [-0.15, -0.1) is 0 Å². The fourth-order valence-corrected chi connectivity index (χ4v) is 0.823. The summed E-state index contributed by atoms with van der Waals surface area (Å²) < 4.78 is 35.9. The van der Waals surface area contributed by atoms with Crippen molar-refractivity contribution in [2.75, 3.05) is 6.61 Å². The van der Waals surface area contributed by atoms with Crippen LogP contribution in [0.15, 0.2) is 11.5 Å². The SMILES string of the molecule is O=C1O[C@H]([C@@H](O)CO)C(O)=C1O.O=S(=O)(O)O.[Na]. The maximum absolute atomic E-state index is 10.5. The van der Waals surface area contributed by atoms with E-state index in [4.69, 9.17) is 37.9 Å². The number of rotatable bonds is 2. The van der Waals surface area contributed by atoms with Gasteiger partial charge in [0.25, 0.3) is 0 Å². The maximum atomic E-state index is 10.5. The molecule has 0 aromatic rings. The van der Waals surface area contributed by atoms with Gasteiger partial charge in [0, 0.05) is 29.6 Å². The minimum Gasteiger partial charge on any atom is -0.505 e. The third-order valence-corrected chi connectivity index (χ3v) is 1.48. The number of ether oxygens (including phenoxy) is 1. The molecule has 6 N–H and O–H groups in total. The van der Waals surface area contributed by atoms with Crippen LogP contribution >= 0.6 is 0 Å². The van der Waals surface area contributed by atoms with Crippen LogP contribution in [0.1, 0.15) is 0 Å². The van der Waals surface area contributed by atoms with Gasteiger partial charge >= 0.3 is 16.4 Å². The number of carbonyl (C=O) groups excluding carboxylic acids is 1. The molecule has 0 aromatic heterocycles. The van der Waals surface area contributed by atoms with Crippen molar-refractivity contribution in [1.29, 1.82) is 0 Å². The Morgan fingerprint density at radius 2 is 1.67 bits per heavy atom. The predicted molar refractivity (Wildman–Crippen MR) is 55.2 cm³/mol. The molecule has 0 saturated carbocycles. The third-order valence-electron chi connectivity index (χ3n) is 1.48. The fraction of sp³-hybridized carbons (Fsp3) is 0.500. The summed E-state index contributed by atoms with van der Waals surface area (Å²) in [6, 6.07) is 0. The first-order chi connectivity index (χ1) is 7.57. The van der Waals surface area contributed by atoms with Crippen molar-refractivity contribution >= 4 is 45.9 Å². The first kappa shape index (κ1) is 19.9. The van der Waals surface area contributed by atoms with Gasteiger partial charge in [-0.05, 0) is 0 Å². The van der Waals surface area contributed by atoms with E-state index in [0.29, 0.717) is 0 Å². The second-order valence-electron chi connectivity index (χ2n) is 2.76. The van der Waals surface area contributed by atoms with Crippen LogP contribution < -0.4 is 0 Å². The van der Waals surface area contributed by atoms with Crippen LogP contribution in [0.5, 0.6) is 0 Å². The second kappa shape index (κ2) is 7.91. The van der Waals surface area contributed by atoms with E-state index in [1.165, 1.54) is 0 Å². The van der Waals surface area contributed by atoms with Crippen molar-refractivity contribution < 1.29 is 47.5 Å². The van der Waals surface area contributed by atoms with Gasteiger partial charge in [0.1, 0.15) is 6.10 Å². The number of esters is 1. The summed E-state index contributed by atoms with van der Waals surface area (Å²) in [4.78, 5) is 10.5. The summed E-state index contributed by atoms with van der Waals surface area (Å²) in [5.74, 6) is -2.78. The quantitative estimate of drug-likeness (QED) is 0.182. The number of carbonyl (C=O) groups is 1. The minimum atomic E-state index is -4.67. The Hall–Kier alpha value is -0.400. The molecule has 0 saturated heterocycles. The molecule has 0 aliphatic carbocycles. The molecule has 12 heteroatoms. The molecule has 1 rings (SSSR count). The van der Waals surface area contributed by atoms with Gasteiger partial charge in [0.15, 0.2) is 11.9 Å². The monoisotopic (exact) mass is 297 g/mol. The maximum Gasteiger partial charge on any atom is 0.394 e. The van der Waals surface area contributed by atoms with Crippen LogP contribution in [0.2, 0.25) is 0 Å². The zero-order chi connectivity index (χ0) is 13.8. The molecule has 0 amide bonds. The summed E-state index contributed by atoms with van der Waals surface area (Å²) in [5, 5.41) is 35.0. The van der Waals surface area contributed by atoms with Crippen LogP contribution in [0.25, 0.3) is 0 Å². The zero-order valence-electron chi connectivity index (χ0n) is 9.09. The van der Waals surface area contributed by atoms with Crippen molar-refractivity contribution in [1.82, 2.24) is 0 Å². The molecule has 1 radical (unpaired) electrons. The molecule has 2 atom stereocenters. The van der Waals surface area contributed by atoms with E-state index in [1.807, 2.05) is 0 Å². The van der Waals surface area contributed by atoms with Gasteiger partial charge in [-0.2, -0.15) is 8.42 Å². The van der Waals surface area contributed by atoms with Crippen molar-refractivity contribution in [2.24, 2.45) is 0 Å². The molecule has 0 bridgehead atoms. The van der Waals surface area contributed by atoms with E-state index in [1.54, 1.807) is 0 Å². The van der Waals surface area contributed by atoms with E-state index in [0.717, 1.165) is 0 Å². The van der Waals surface area contributed by atoms with E-state index in [-0.39, 0.29) is 29.6 Å². The molecule has 0 fully saturated rings. The number of hydrogen-bond donors (Lipinski definition) is 6. The Bertz CT molecular complexity index is 406. The molecule has 101 valence electrons. The average Bonchev–Trinajstić information content (AvgIpc) is 2.42. The summed E-state index contributed by atoms with van der Waals surface area (Å²) in [6.45, 7) is -0.671. The molecular formula is C6H10NaO10S. The van der Waals surface area contributed by atoms with Crippen molar-refractivity contribution in [3.63, 3.8) is 0 Å². The Morgan fingerprint density at radius 3 is 1.89 bits per heavy atom. The summed E-state index contributed by atoms with van der Waals surface area (Å²) >= 11 is 0. The van der Waals surface area contributed by atoms with E-state index >= 15 is 0 Å². The summed E-state index contributed by atoms with van der Waals surface area (Å²) in [5.41, 5.74) is 0. The topological polar surface area (TPSA) is 182 Å². The van der Waals surface area contributed by atoms with Crippen molar-refractivity contribution in [3.8, 4) is 0 Å². The number of hydrogen-bond acceptors (Lipinski definition) is 8. The molecular weight excluding hydrogens is 287 g/mol. The first-order valence-electron chi connectivity index (χ1n) is 3.89. The number of cyclic esters (lactones) is 1. The van der Waals surface area contributed by atoms with E-state index < -0.39 is 46.7 Å². The number of aliphatic hydroxyl groups is 4. The third kappa shape index (κ3) is 7.13. The molecule has 1 heterocycles. The molecule has 18 heavy (non-hydrogen) atoms. The largest absolute Gasteiger partial charge is 0.505 e. The van der Waals surface area contributed by atoms with Gasteiger partial charge in [-0.3, -0.25) is 9.11 Å². The Kier molecular flexibility index (Phi) is 8.76. The Labute approximate surface area is 123 Å². The van der Waals surface area contributed by atoms with Gasteiger partial charge in [0.05, 0.1) is 6.61 Å². The van der Waals surface area contributed by atoms with Gasteiger partial charge in [-0.25, -0.2) is 4.79 Å². The normalized spacial score (nSPS) is 20.4. The van der Waals surface area contributed by atoms with E-state index in [9.17, 15) is 4.79 Å². The molecule has 0 unspecified atom stereocenters. The molecule has 0 spiro atoms. The van der Waals surface area contributed by atoms with Crippen molar-refractivity contribution in [3.05, 3.63) is 11.5 Å². The first-order valence-corrected chi connectivity index (χ1v) is 5.29. The predicted octanol–water partition coefficient (Wildman–Crippen LogP) is -2.44. The second-order valence-corrected chi connectivity index (χ2v) is 3.65. The average molecular weight is 297 g/mol. The van der Waals surface area contributed by atoms with Crippen LogP contribution in [0.4, 0.5) is 0 Å². The summed E-state index contributed by atoms with van der Waals surface area (Å²) in [6.07, 6.45) is -2.78. The smallest absolute Gasteiger partial charge is 0.394 e. The molecule has 10 nitrogen and oxygen atoms in total. The Balaban J connectivity index is 0. The molecule has 1 aliphatic heterocycles. The van der Waals surface area contributed by atoms with Gasteiger partial charge < -0.3 is 25.2 Å². The van der Waals surface area contributed by atoms with Crippen LogP contribution in [-0.2, 0) is 19.9 Å². The van der Waals surface area contributed by atoms with Crippen LogP contribution in [-0.4, -0.2) is 92.3 Å².